The third kappa shape index (κ3) is 3.07. The summed E-state index contributed by atoms with van der Waals surface area (Å²) in [5.41, 5.74) is 5.64. The molecule has 2 aromatic heterocycles. The van der Waals surface area contributed by atoms with Gasteiger partial charge in [-0.3, -0.25) is 0 Å². The van der Waals surface area contributed by atoms with Gasteiger partial charge in [0, 0.05) is 32.9 Å². The van der Waals surface area contributed by atoms with E-state index in [-0.39, 0.29) is 42.3 Å². The summed E-state index contributed by atoms with van der Waals surface area (Å²) in [7, 11) is 0. The fourth-order valence-corrected chi connectivity index (χ4v) is 5.59. The lowest BCUT2D eigenvalue weighted by atomic mass is 10.1. The summed E-state index contributed by atoms with van der Waals surface area (Å²) >= 11 is 0. The molecule has 178 valence electrons. The Bertz CT molecular complexity index is 2450. The first kappa shape index (κ1) is 15.2. The molecule has 0 atom stereocenters. The van der Waals surface area contributed by atoms with Crippen molar-refractivity contribution in [2.45, 2.75) is 0 Å². The average Bonchev–Trinajstić information content (AvgIpc) is 3.55. The summed E-state index contributed by atoms with van der Waals surface area (Å²) in [4.78, 5) is 0. The second-order valence-corrected chi connectivity index (χ2v) is 9.30. The van der Waals surface area contributed by atoms with Gasteiger partial charge in [0.1, 0.15) is 0 Å². The molecule has 2 heterocycles. The molecule has 0 aliphatic rings. The van der Waals surface area contributed by atoms with Crippen molar-refractivity contribution in [2.24, 2.45) is 0 Å². The van der Waals surface area contributed by atoms with Gasteiger partial charge in [-0.25, -0.2) is 0 Å². The van der Waals surface area contributed by atoms with E-state index >= 15 is 0 Å². The number of nitrogens with zero attached hydrogens (tertiary/aromatic N) is 2. The van der Waals surface area contributed by atoms with Crippen LogP contribution in [0.5, 0.6) is 0 Å². The zero-order valence-corrected chi connectivity index (χ0v) is 20.2. The highest BCUT2D eigenvalue weighted by Crippen LogP contribution is 2.37. The molecule has 8 aromatic rings. The molecular weight excluding hydrogens is 460 g/mol. The molecule has 0 amide bonds. The van der Waals surface area contributed by atoms with Crippen LogP contribution in [0.15, 0.2) is 145 Å². The van der Waals surface area contributed by atoms with Crippen LogP contribution in [-0.2, 0) is 0 Å². The van der Waals surface area contributed by atoms with Gasteiger partial charge in [0.25, 0.3) is 0 Å². The first-order valence-electron chi connectivity index (χ1n) is 16.0. The van der Waals surface area contributed by atoms with E-state index in [1.165, 1.54) is 12.1 Å². The molecule has 0 N–H and O–H groups in total. The maximum atomic E-state index is 8.97. The van der Waals surface area contributed by atoms with E-state index in [2.05, 4.69) is 28.8 Å². The molecule has 0 aliphatic carbocycles. The largest absolute Gasteiger partial charge is 0.309 e. The predicted molar refractivity (Wildman–Crippen MR) is 161 cm³/mol. The highest BCUT2D eigenvalue weighted by molar-refractivity contribution is 6.12. The van der Waals surface area contributed by atoms with Crippen LogP contribution in [0, 0.1) is 0 Å². The minimum atomic E-state index is -0.316. The Morgan fingerprint density at radius 3 is 1.84 bits per heavy atom. The van der Waals surface area contributed by atoms with E-state index in [0.717, 1.165) is 27.5 Å². The standard InChI is InChI=1S/C36H24N2/c1-2-11-25(12-3-1)26-13-10-14-27(23-26)37-35-20-9-6-17-31(35)32-24-28(21-22-36(32)37)38-33-18-7-4-15-29(33)30-16-5-8-19-34(30)38/h1-24H/i1D,6D,9D,11D,12D,17D,20D. The van der Waals surface area contributed by atoms with Gasteiger partial charge >= 0.3 is 0 Å². The smallest absolute Gasteiger partial charge is 0.0645 e. The van der Waals surface area contributed by atoms with E-state index < -0.39 is 0 Å². The molecule has 0 bridgehead atoms. The zero-order chi connectivity index (χ0) is 31.1. The molecule has 8 rings (SSSR count). The summed E-state index contributed by atoms with van der Waals surface area (Å²) in [6, 6.07) is 31.9. The van der Waals surface area contributed by atoms with Gasteiger partial charge in [-0.05, 0) is 59.6 Å². The summed E-state index contributed by atoms with van der Waals surface area (Å²) < 4.78 is 63.8. The normalized spacial score (nSPS) is 14.3. The Morgan fingerprint density at radius 2 is 1.05 bits per heavy atom. The molecule has 6 aromatic carbocycles. The van der Waals surface area contributed by atoms with Crippen molar-refractivity contribution in [2.75, 3.05) is 0 Å². The van der Waals surface area contributed by atoms with Gasteiger partial charge < -0.3 is 9.13 Å². The molecule has 0 unspecified atom stereocenters. The molecule has 0 spiro atoms. The van der Waals surface area contributed by atoms with Gasteiger partial charge in [0.15, 0.2) is 0 Å². The lowest BCUT2D eigenvalue weighted by molar-refractivity contribution is 1.17. The van der Waals surface area contributed by atoms with Gasteiger partial charge in [-0.15, -0.1) is 0 Å². The van der Waals surface area contributed by atoms with Crippen LogP contribution in [0.25, 0.3) is 66.1 Å². The Kier molecular flexibility index (Phi) is 3.30. The second kappa shape index (κ2) is 8.22. The van der Waals surface area contributed by atoms with Gasteiger partial charge in [-0.2, -0.15) is 0 Å². The number of fused-ring (bicyclic) bond motifs is 6. The van der Waals surface area contributed by atoms with Crippen LogP contribution in [0.2, 0.25) is 0 Å². The Hall–Kier alpha value is -5.08. The monoisotopic (exact) mass is 491 g/mol. The predicted octanol–water partition coefficient (Wildman–Crippen LogP) is 9.55. The topological polar surface area (TPSA) is 9.86 Å². The first-order chi connectivity index (χ1) is 21.7. The number of para-hydroxylation sites is 3. The summed E-state index contributed by atoms with van der Waals surface area (Å²) in [6.45, 7) is 0. The Morgan fingerprint density at radius 1 is 0.395 bits per heavy atom. The quantitative estimate of drug-likeness (QED) is 0.233. The van der Waals surface area contributed by atoms with Crippen molar-refractivity contribution in [3.63, 3.8) is 0 Å². The van der Waals surface area contributed by atoms with Gasteiger partial charge in [0.05, 0.1) is 31.7 Å². The van der Waals surface area contributed by atoms with E-state index in [4.69, 9.17) is 9.60 Å². The van der Waals surface area contributed by atoms with Crippen molar-refractivity contribution in [3.05, 3.63) is 145 Å². The first-order valence-corrected chi connectivity index (χ1v) is 12.5. The van der Waals surface area contributed by atoms with E-state index in [1.807, 2.05) is 71.3 Å². The minimum Gasteiger partial charge on any atom is -0.309 e. The van der Waals surface area contributed by atoms with E-state index in [9.17, 15) is 0 Å². The zero-order valence-electron chi connectivity index (χ0n) is 27.2. The fraction of sp³-hybridized carbons (Fsp3) is 0. The third-order valence-electron chi connectivity index (χ3n) is 7.21. The number of hydrogen-bond donors (Lipinski definition) is 0. The number of aromatic nitrogens is 2. The van der Waals surface area contributed by atoms with Crippen molar-refractivity contribution in [1.29, 1.82) is 0 Å². The van der Waals surface area contributed by atoms with Crippen molar-refractivity contribution in [3.8, 4) is 22.5 Å². The van der Waals surface area contributed by atoms with Crippen molar-refractivity contribution < 1.29 is 9.60 Å². The van der Waals surface area contributed by atoms with Crippen LogP contribution in [0.3, 0.4) is 0 Å². The number of rotatable bonds is 3. The third-order valence-corrected chi connectivity index (χ3v) is 7.21. The van der Waals surface area contributed by atoms with Gasteiger partial charge in [0.2, 0.25) is 0 Å². The summed E-state index contributed by atoms with van der Waals surface area (Å²) in [5.74, 6) is 0. The molecular formula is C36H24N2. The van der Waals surface area contributed by atoms with Crippen LogP contribution < -0.4 is 0 Å². The fourth-order valence-electron chi connectivity index (χ4n) is 5.59. The second-order valence-electron chi connectivity index (χ2n) is 9.30. The highest BCUT2D eigenvalue weighted by Gasteiger charge is 2.16. The summed E-state index contributed by atoms with van der Waals surface area (Å²) in [6.07, 6.45) is 0. The highest BCUT2D eigenvalue weighted by atomic mass is 15.0. The van der Waals surface area contributed by atoms with E-state index in [1.54, 1.807) is 0 Å². The maximum absolute atomic E-state index is 8.97. The lowest BCUT2D eigenvalue weighted by Crippen LogP contribution is -1.96. The Balaban J connectivity index is 1.46. The number of hydrogen-bond acceptors (Lipinski definition) is 0. The average molecular weight is 492 g/mol. The minimum absolute atomic E-state index is 0.0737. The maximum Gasteiger partial charge on any atom is 0.0645 e. The Labute approximate surface area is 230 Å². The molecule has 0 aliphatic heterocycles. The van der Waals surface area contributed by atoms with Crippen LogP contribution >= 0.6 is 0 Å². The van der Waals surface area contributed by atoms with Crippen molar-refractivity contribution >= 4 is 43.6 Å². The molecule has 2 nitrogen and oxygen atoms in total. The van der Waals surface area contributed by atoms with Crippen LogP contribution in [0.1, 0.15) is 9.60 Å². The molecule has 0 fully saturated rings. The molecule has 0 radical (unpaired) electrons. The molecule has 0 saturated carbocycles. The van der Waals surface area contributed by atoms with Crippen LogP contribution in [-0.4, -0.2) is 9.13 Å². The van der Waals surface area contributed by atoms with Crippen LogP contribution in [0.4, 0.5) is 0 Å². The summed E-state index contributed by atoms with van der Waals surface area (Å²) in [5, 5.41) is 3.35. The lowest BCUT2D eigenvalue weighted by Gasteiger charge is -2.11. The molecule has 2 heteroatoms. The molecule has 0 saturated heterocycles. The van der Waals surface area contributed by atoms with E-state index in [0.29, 0.717) is 38.6 Å². The van der Waals surface area contributed by atoms with Gasteiger partial charge in [-0.1, -0.05) is 96.9 Å². The number of benzene rings is 6. The SMILES string of the molecule is [2H]c1cc([2H])c(-c2cccc(-n3c4ccc(-n5c6ccccc6c6ccccc65)cc4c4c([2H])c([2H])c([2H])c([2H])c43)c2)c([2H])c1. The van der Waals surface area contributed by atoms with Crippen molar-refractivity contribution in [1.82, 2.24) is 9.13 Å². The molecule has 38 heavy (non-hydrogen) atoms.